The second kappa shape index (κ2) is 4.48. The Kier molecular flexibility index (Phi) is 3.38. The molecule has 0 aliphatic heterocycles. The summed E-state index contributed by atoms with van der Waals surface area (Å²) in [4.78, 5) is -0.0968. The van der Waals surface area contributed by atoms with Gasteiger partial charge in [-0.3, -0.25) is 0 Å². The minimum absolute atomic E-state index is 0.0581. The predicted molar refractivity (Wildman–Crippen MR) is 71.7 cm³/mol. The Morgan fingerprint density at radius 3 is 2.29 bits per heavy atom. The summed E-state index contributed by atoms with van der Waals surface area (Å²) in [5.74, 6) is 0. The van der Waals surface area contributed by atoms with Crippen LogP contribution in [-0.2, 0) is 22.5 Å². The van der Waals surface area contributed by atoms with E-state index in [4.69, 9.17) is 0 Å². The zero-order chi connectivity index (χ0) is 16.2. The molecule has 1 unspecified atom stereocenters. The Balaban J connectivity index is 2.82. The lowest BCUT2D eigenvalue weighted by molar-refractivity contribution is -0.258. The molecule has 0 bridgehead atoms. The molecular formula is C13H14F3NO3S. The van der Waals surface area contributed by atoms with Gasteiger partial charge in [-0.25, -0.2) is 8.42 Å². The van der Waals surface area contributed by atoms with Crippen molar-refractivity contribution >= 4 is 20.7 Å². The zero-order valence-corrected chi connectivity index (χ0v) is 12.4. The fraction of sp³-hybridized carbons (Fsp3) is 0.385. The van der Waals surface area contributed by atoms with Gasteiger partial charge in [0.15, 0.2) is 15.4 Å². The molecule has 4 nitrogen and oxygen atoms in total. The molecule has 0 fully saturated rings. The Morgan fingerprint density at radius 1 is 1.24 bits per heavy atom. The number of alkyl halides is 3. The van der Waals surface area contributed by atoms with Crippen LogP contribution >= 0.6 is 0 Å². The highest BCUT2D eigenvalue weighted by Gasteiger charge is 2.52. The van der Waals surface area contributed by atoms with E-state index in [9.17, 15) is 26.7 Å². The van der Waals surface area contributed by atoms with Crippen molar-refractivity contribution in [2.75, 3.05) is 6.26 Å². The van der Waals surface area contributed by atoms with E-state index in [1.807, 2.05) is 0 Å². The average Bonchev–Trinajstić information content (AvgIpc) is 2.64. The van der Waals surface area contributed by atoms with Crippen molar-refractivity contribution in [3.05, 3.63) is 30.0 Å². The van der Waals surface area contributed by atoms with Crippen molar-refractivity contribution in [3.63, 3.8) is 0 Å². The molecule has 8 heteroatoms. The number of aryl methyl sites for hydroxylation is 1. The van der Waals surface area contributed by atoms with Crippen LogP contribution in [0.4, 0.5) is 13.2 Å². The Hall–Kier alpha value is -1.54. The van der Waals surface area contributed by atoms with E-state index in [2.05, 4.69) is 0 Å². The summed E-state index contributed by atoms with van der Waals surface area (Å²) >= 11 is 0. The fourth-order valence-corrected chi connectivity index (χ4v) is 2.79. The standard InChI is InChI=1S/C13H14F3NO3S/c1-12(18,13(14,15)16)10-7-17(2)11-5-4-8(6-9(10)11)21(3,19)20/h4-7,18H,1-3H3. The van der Waals surface area contributed by atoms with Crippen LogP contribution in [0, 0.1) is 0 Å². The highest BCUT2D eigenvalue weighted by Crippen LogP contribution is 2.42. The van der Waals surface area contributed by atoms with Crippen molar-refractivity contribution in [1.82, 2.24) is 4.57 Å². The molecule has 1 aromatic carbocycles. The van der Waals surface area contributed by atoms with Crippen LogP contribution in [0.3, 0.4) is 0 Å². The van der Waals surface area contributed by atoms with E-state index in [-0.39, 0.29) is 15.8 Å². The molecule has 0 saturated heterocycles. The molecule has 116 valence electrons. The second-order valence-electron chi connectivity index (χ2n) is 5.17. The molecule has 1 aromatic heterocycles. The van der Waals surface area contributed by atoms with Gasteiger partial charge in [0, 0.05) is 36.0 Å². The lowest BCUT2D eigenvalue weighted by Gasteiger charge is -2.26. The van der Waals surface area contributed by atoms with E-state index >= 15 is 0 Å². The van der Waals surface area contributed by atoms with Crippen molar-refractivity contribution in [2.45, 2.75) is 23.6 Å². The van der Waals surface area contributed by atoms with Crippen LogP contribution in [0.2, 0.25) is 0 Å². The zero-order valence-electron chi connectivity index (χ0n) is 11.6. The highest BCUT2D eigenvalue weighted by molar-refractivity contribution is 7.90. The minimum Gasteiger partial charge on any atom is -0.376 e. The van der Waals surface area contributed by atoms with Gasteiger partial charge in [0.2, 0.25) is 0 Å². The molecule has 2 aromatic rings. The van der Waals surface area contributed by atoms with E-state index < -0.39 is 21.6 Å². The molecular weight excluding hydrogens is 307 g/mol. The van der Waals surface area contributed by atoms with Crippen LogP contribution in [0.5, 0.6) is 0 Å². The molecule has 0 spiro atoms. The Morgan fingerprint density at radius 2 is 1.81 bits per heavy atom. The predicted octanol–water partition coefficient (Wildman–Crippen LogP) is 2.35. The van der Waals surface area contributed by atoms with Gasteiger partial charge in [-0.05, 0) is 25.1 Å². The molecule has 1 N–H and O–H groups in total. The first kappa shape index (κ1) is 15.8. The maximum absolute atomic E-state index is 13.0. The van der Waals surface area contributed by atoms with Crippen LogP contribution in [-0.4, -0.2) is 30.5 Å². The largest absolute Gasteiger partial charge is 0.421 e. The summed E-state index contributed by atoms with van der Waals surface area (Å²) < 4.78 is 63.6. The lowest BCUT2D eigenvalue weighted by atomic mass is 9.95. The second-order valence-corrected chi connectivity index (χ2v) is 7.19. The van der Waals surface area contributed by atoms with Gasteiger partial charge < -0.3 is 9.67 Å². The number of benzene rings is 1. The van der Waals surface area contributed by atoms with Gasteiger partial charge in [-0.1, -0.05) is 0 Å². The molecule has 0 aliphatic rings. The summed E-state index contributed by atoms with van der Waals surface area (Å²) in [5.41, 5.74) is -3.04. The minimum atomic E-state index is -4.87. The van der Waals surface area contributed by atoms with Gasteiger partial charge >= 0.3 is 6.18 Å². The topological polar surface area (TPSA) is 59.3 Å². The van der Waals surface area contributed by atoms with Gasteiger partial charge in [-0.2, -0.15) is 13.2 Å². The van der Waals surface area contributed by atoms with Gasteiger partial charge in [0.05, 0.1) is 4.90 Å². The van der Waals surface area contributed by atoms with E-state index in [1.54, 1.807) is 0 Å². The van der Waals surface area contributed by atoms with Crippen LogP contribution < -0.4 is 0 Å². The van der Waals surface area contributed by atoms with Crippen LogP contribution in [0.1, 0.15) is 12.5 Å². The van der Waals surface area contributed by atoms with Crippen LogP contribution in [0.25, 0.3) is 10.9 Å². The third kappa shape index (κ3) is 2.53. The number of sulfone groups is 1. The SMILES string of the molecule is Cn1cc(C(C)(O)C(F)(F)F)c2cc(S(C)(=O)=O)ccc21. The molecule has 21 heavy (non-hydrogen) atoms. The maximum Gasteiger partial charge on any atom is 0.421 e. The van der Waals surface area contributed by atoms with Crippen molar-refractivity contribution in [1.29, 1.82) is 0 Å². The van der Waals surface area contributed by atoms with Gasteiger partial charge in [0.25, 0.3) is 0 Å². The van der Waals surface area contributed by atoms with E-state index in [1.165, 1.54) is 23.7 Å². The van der Waals surface area contributed by atoms with E-state index in [0.29, 0.717) is 12.4 Å². The normalized spacial score (nSPS) is 16.1. The highest BCUT2D eigenvalue weighted by atomic mass is 32.2. The molecule has 1 atom stereocenters. The number of halogens is 3. The molecule has 0 saturated carbocycles. The lowest BCUT2D eigenvalue weighted by Crippen LogP contribution is -2.39. The number of aromatic nitrogens is 1. The number of hydrogen-bond acceptors (Lipinski definition) is 3. The number of rotatable bonds is 2. The number of aliphatic hydroxyl groups is 1. The Labute approximate surface area is 119 Å². The monoisotopic (exact) mass is 321 g/mol. The summed E-state index contributed by atoms with van der Waals surface area (Å²) in [6.45, 7) is 0.648. The van der Waals surface area contributed by atoms with Crippen molar-refractivity contribution < 1.29 is 26.7 Å². The van der Waals surface area contributed by atoms with Gasteiger partial charge in [-0.15, -0.1) is 0 Å². The van der Waals surface area contributed by atoms with Crippen LogP contribution in [0.15, 0.2) is 29.3 Å². The summed E-state index contributed by atoms with van der Waals surface area (Å²) in [6.07, 6.45) is -2.74. The Bertz CT molecular complexity index is 804. The fourth-order valence-electron chi connectivity index (χ4n) is 2.14. The smallest absolute Gasteiger partial charge is 0.376 e. The first-order chi connectivity index (χ1) is 9.35. The quantitative estimate of drug-likeness (QED) is 0.924. The van der Waals surface area contributed by atoms with Gasteiger partial charge in [0.1, 0.15) is 0 Å². The summed E-state index contributed by atoms with van der Waals surface area (Å²) in [5, 5.41) is 9.90. The number of fused-ring (bicyclic) bond motifs is 1. The molecule has 0 radical (unpaired) electrons. The maximum atomic E-state index is 13.0. The molecule has 0 aliphatic carbocycles. The van der Waals surface area contributed by atoms with E-state index in [0.717, 1.165) is 18.5 Å². The first-order valence-electron chi connectivity index (χ1n) is 5.94. The van der Waals surface area contributed by atoms with Crippen molar-refractivity contribution in [3.8, 4) is 0 Å². The number of hydrogen-bond donors (Lipinski definition) is 1. The average molecular weight is 321 g/mol. The summed E-state index contributed by atoms with van der Waals surface area (Å²) in [6, 6.07) is 3.89. The molecule has 2 rings (SSSR count). The number of nitrogens with zero attached hydrogens (tertiary/aromatic N) is 1. The van der Waals surface area contributed by atoms with Crippen molar-refractivity contribution in [2.24, 2.45) is 7.05 Å². The third-order valence-electron chi connectivity index (χ3n) is 3.47. The summed E-state index contributed by atoms with van der Waals surface area (Å²) in [7, 11) is -2.03. The first-order valence-corrected chi connectivity index (χ1v) is 7.83. The third-order valence-corrected chi connectivity index (χ3v) is 4.58. The molecule has 1 heterocycles. The molecule has 0 amide bonds.